The summed E-state index contributed by atoms with van der Waals surface area (Å²) in [5.41, 5.74) is -0.171. The van der Waals surface area contributed by atoms with Gasteiger partial charge in [0.1, 0.15) is 5.75 Å². The number of carboxylic acids is 1. The highest BCUT2D eigenvalue weighted by Crippen LogP contribution is 2.26. The molecule has 1 N–H and O–H groups in total. The van der Waals surface area contributed by atoms with Crippen LogP contribution in [0.25, 0.3) is 0 Å². The van der Waals surface area contributed by atoms with Crippen molar-refractivity contribution in [2.45, 2.75) is 6.54 Å². The number of anilines is 1. The van der Waals surface area contributed by atoms with Gasteiger partial charge in [-0.1, -0.05) is 18.2 Å². The highest BCUT2D eigenvalue weighted by atomic mass is 19.2. The SMILES string of the molecule is O=C(O)c1ccc(CN(C(=O)Oc2ccc([N+](=O)[O-])cc2)c2cccc(F)c2F)cc1. The second-order valence-electron chi connectivity index (χ2n) is 6.28. The van der Waals surface area contributed by atoms with Crippen LogP contribution in [-0.4, -0.2) is 22.1 Å². The van der Waals surface area contributed by atoms with Crippen molar-refractivity contribution in [1.29, 1.82) is 0 Å². The summed E-state index contributed by atoms with van der Waals surface area (Å²) in [4.78, 5) is 34.7. The highest BCUT2D eigenvalue weighted by molar-refractivity contribution is 5.90. The fraction of sp³-hybridized carbons (Fsp3) is 0.0476. The average molecular weight is 428 g/mol. The molecule has 10 heteroatoms. The number of rotatable bonds is 6. The second-order valence-corrected chi connectivity index (χ2v) is 6.28. The summed E-state index contributed by atoms with van der Waals surface area (Å²) in [7, 11) is 0. The minimum atomic E-state index is -1.27. The van der Waals surface area contributed by atoms with Crippen LogP contribution in [0.4, 0.5) is 25.0 Å². The lowest BCUT2D eigenvalue weighted by atomic mass is 10.1. The molecule has 8 nitrogen and oxygen atoms in total. The Balaban J connectivity index is 1.91. The van der Waals surface area contributed by atoms with Gasteiger partial charge in [-0.2, -0.15) is 0 Å². The van der Waals surface area contributed by atoms with Crippen molar-refractivity contribution in [2.75, 3.05) is 4.90 Å². The van der Waals surface area contributed by atoms with Gasteiger partial charge in [-0.3, -0.25) is 15.0 Å². The van der Waals surface area contributed by atoms with E-state index in [0.717, 1.165) is 23.1 Å². The van der Waals surface area contributed by atoms with Gasteiger partial charge in [-0.05, 0) is 42.0 Å². The summed E-state index contributed by atoms with van der Waals surface area (Å²) in [6.07, 6.45) is -1.07. The van der Waals surface area contributed by atoms with E-state index in [0.29, 0.717) is 5.56 Å². The lowest BCUT2D eigenvalue weighted by Gasteiger charge is -2.23. The van der Waals surface area contributed by atoms with Gasteiger partial charge in [0.05, 0.1) is 22.7 Å². The molecule has 0 atom stereocenters. The van der Waals surface area contributed by atoms with Gasteiger partial charge in [0.2, 0.25) is 0 Å². The third-order valence-corrected chi connectivity index (χ3v) is 4.24. The molecule has 3 aromatic carbocycles. The number of carboxylic acid groups (broad SMARTS) is 1. The molecule has 0 aliphatic heterocycles. The number of carbonyl (C=O) groups is 2. The minimum absolute atomic E-state index is 0.0145. The summed E-state index contributed by atoms with van der Waals surface area (Å²) >= 11 is 0. The summed E-state index contributed by atoms with van der Waals surface area (Å²) < 4.78 is 33.3. The van der Waals surface area contributed by atoms with Crippen molar-refractivity contribution < 1.29 is 33.1 Å². The third-order valence-electron chi connectivity index (χ3n) is 4.24. The molecule has 0 saturated heterocycles. The summed E-state index contributed by atoms with van der Waals surface area (Å²) in [6, 6.07) is 13.4. The molecule has 0 spiro atoms. The lowest BCUT2D eigenvalue weighted by molar-refractivity contribution is -0.384. The molecule has 158 valence electrons. The number of halogens is 2. The van der Waals surface area contributed by atoms with E-state index in [-0.39, 0.29) is 23.5 Å². The number of ether oxygens (including phenoxy) is 1. The van der Waals surface area contributed by atoms with E-state index in [4.69, 9.17) is 9.84 Å². The Morgan fingerprint density at radius 3 is 2.23 bits per heavy atom. The Morgan fingerprint density at radius 2 is 1.65 bits per heavy atom. The van der Waals surface area contributed by atoms with Gasteiger partial charge in [-0.25, -0.2) is 18.4 Å². The van der Waals surface area contributed by atoms with E-state index in [1.54, 1.807) is 0 Å². The Bertz CT molecular complexity index is 1130. The number of nitro groups is 1. The molecular weight excluding hydrogens is 414 g/mol. The number of aromatic carboxylic acids is 1. The van der Waals surface area contributed by atoms with Crippen molar-refractivity contribution in [3.8, 4) is 5.75 Å². The maximum Gasteiger partial charge on any atom is 0.420 e. The maximum absolute atomic E-state index is 14.4. The average Bonchev–Trinajstić information content (AvgIpc) is 2.75. The maximum atomic E-state index is 14.4. The van der Waals surface area contributed by atoms with Crippen LogP contribution in [0.15, 0.2) is 66.7 Å². The Labute approximate surface area is 174 Å². The van der Waals surface area contributed by atoms with Crippen LogP contribution >= 0.6 is 0 Å². The smallest absolute Gasteiger partial charge is 0.420 e. The predicted molar refractivity (Wildman–Crippen MR) is 105 cm³/mol. The van der Waals surface area contributed by atoms with Gasteiger partial charge in [0, 0.05) is 12.1 Å². The molecule has 3 rings (SSSR count). The first-order valence-electron chi connectivity index (χ1n) is 8.76. The topological polar surface area (TPSA) is 110 Å². The fourth-order valence-corrected chi connectivity index (χ4v) is 2.68. The molecule has 0 aromatic heterocycles. The zero-order valence-electron chi connectivity index (χ0n) is 15.7. The van der Waals surface area contributed by atoms with Gasteiger partial charge in [0.15, 0.2) is 11.6 Å². The Morgan fingerprint density at radius 1 is 1.00 bits per heavy atom. The number of amides is 1. The first-order chi connectivity index (χ1) is 14.8. The van der Waals surface area contributed by atoms with E-state index in [9.17, 15) is 28.5 Å². The molecule has 3 aromatic rings. The molecule has 0 saturated carbocycles. The van der Waals surface area contributed by atoms with E-state index < -0.39 is 34.3 Å². The molecule has 1 amide bonds. The van der Waals surface area contributed by atoms with Gasteiger partial charge >= 0.3 is 12.1 Å². The van der Waals surface area contributed by atoms with Crippen LogP contribution in [0.2, 0.25) is 0 Å². The van der Waals surface area contributed by atoms with Crippen molar-refractivity contribution in [1.82, 2.24) is 0 Å². The second kappa shape index (κ2) is 8.99. The minimum Gasteiger partial charge on any atom is -0.478 e. The predicted octanol–water partition coefficient (Wildman–Crippen LogP) is 4.78. The largest absolute Gasteiger partial charge is 0.478 e. The Kier molecular flexibility index (Phi) is 6.20. The van der Waals surface area contributed by atoms with Gasteiger partial charge < -0.3 is 9.84 Å². The molecule has 0 unspecified atom stereocenters. The summed E-state index contributed by atoms with van der Waals surface area (Å²) in [5, 5.41) is 19.7. The molecule has 31 heavy (non-hydrogen) atoms. The zero-order chi connectivity index (χ0) is 22.5. The quantitative estimate of drug-likeness (QED) is 0.447. The van der Waals surface area contributed by atoms with Crippen LogP contribution in [0, 0.1) is 21.7 Å². The van der Waals surface area contributed by atoms with E-state index in [1.165, 1.54) is 48.5 Å². The number of benzene rings is 3. The van der Waals surface area contributed by atoms with Crippen LogP contribution in [0.5, 0.6) is 5.75 Å². The first-order valence-corrected chi connectivity index (χ1v) is 8.76. The standard InChI is InChI=1S/C21H14F2N2O6/c22-17-2-1-3-18(19(17)23)24(12-13-4-6-14(7-5-13)20(26)27)21(28)31-16-10-8-15(9-11-16)25(29)30/h1-11H,12H2,(H,26,27). The van der Waals surface area contributed by atoms with Crippen LogP contribution < -0.4 is 9.64 Å². The van der Waals surface area contributed by atoms with Crippen LogP contribution in [0.1, 0.15) is 15.9 Å². The molecule has 0 aliphatic rings. The Hall–Kier alpha value is -4.34. The van der Waals surface area contributed by atoms with Crippen molar-refractivity contribution in [2.24, 2.45) is 0 Å². The monoisotopic (exact) mass is 428 g/mol. The number of non-ortho nitro benzene ring substituents is 1. The number of hydrogen-bond acceptors (Lipinski definition) is 5. The lowest BCUT2D eigenvalue weighted by Crippen LogP contribution is -2.34. The molecular formula is C21H14F2N2O6. The summed E-state index contributed by atoms with van der Waals surface area (Å²) in [5.74, 6) is -3.63. The molecule has 0 bridgehead atoms. The van der Waals surface area contributed by atoms with Gasteiger partial charge in [0.25, 0.3) is 5.69 Å². The van der Waals surface area contributed by atoms with E-state index in [2.05, 4.69) is 0 Å². The van der Waals surface area contributed by atoms with Crippen LogP contribution in [0.3, 0.4) is 0 Å². The van der Waals surface area contributed by atoms with Crippen molar-refractivity contribution >= 4 is 23.4 Å². The fourth-order valence-electron chi connectivity index (χ4n) is 2.68. The zero-order valence-corrected chi connectivity index (χ0v) is 15.7. The normalized spacial score (nSPS) is 10.4. The van der Waals surface area contributed by atoms with E-state index in [1.807, 2.05) is 0 Å². The number of nitrogens with zero attached hydrogens (tertiary/aromatic N) is 2. The first kappa shape index (κ1) is 21.4. The number of nitro benzene ring substituents is 1. The molecule has 0 aliphatic carbocycles. The highest BCUT2D eigenvalue weighted by Gasteiger charge is 2.24. The van der Waals surface area contributed by atoms with E-state index >= 15 is 0 Å². The third kappa shape index (κ3) is 4.99. The molecule has 0 fully saturated rings. The molecule has 0 heterocycles. The van der Waals surface area contributed by atoms with Crippen molar-refractivity contribution in [3.05, 3.63) is 99.6 Å². The van der Waals surface area contributed by atoms with Gasteiger partial charge in [-0.15, -0.1) is 0 Å². The number of hydrogen-bond donors (Lipinski definition) is 1. The number of carbonyl (C=O) groups excluding carboxylic acids is 1. The molecule has 0 radical (unpaired) electrons. The summed E-state index contributed by atoms with van der Waals surface area (Å²) in [6.45, 7) is -0.258. The van der Waals surface area contributed by atoms with Crippen molar-refractivity contribution in [3.63, 3.8) is 0 Å². The van der Waals surface area contributed by atoms with Crippen LogP contribution in [-0.2, 0) is 6.54 Å².